The number of amides is 1. The van der Waals surface area contributed by atoms with E-state index in [-0.39, 0.29) is 5.91 Å². The van der Waals surface area contributed by atoms with Gasteiger partial charge in [-0.05, 0) is 36.5 Å². The summed E-state index contributed by atoms with van der Waals surface area (Å²) in [7, 11) is 0. The van der Waals surface area contributed by atoms with Crippen molar-refractivity contribution in [3.05, 3.63) is 35.4 Å². The first-order valence-electron chi connectivity index (χ1n) is 7.84. The average Bonchev–Trinajstić information content (AvgIpc) is 2.47. The highest BCUT2D eigenvalue weighted by atomic mass is 16.5. The van der Waals surface area contributed by atoms with E-state index < -0.39 is 11.5 Å². The molecule has 0 atom stereocenters. The van der Waals surface area contributed by atoms with Crippen molar-refractivity contribution in [1.29, 1.82) is 0 Å². The van der Waals surface area contributed by atoms with Crippen LogP contribution in [0, 0.1) is 0 Å². The monoisotopic (exact) mass is 303 g/mol. The smallest absolute Gasteiger partial charge is 0.329 e. The summed E-state index contributed by atoms with van der Waals surface area (Å²) in [5.41, 5.74) is 0.569. The van der Waals surface area contributed by atoms with Gasteiger partial charge in [-0.3, -0.25) is 4.79 Å². The first-order valence-corrected chi connectivity index (χ1v) is 7.84. The fourth-order valence-electron chi connectivity index (χ4n) is 3.05. The molecule has 0 bridgehead atoms. The Balaban J connectivity index is 1.71. The van der Waals surface area contributed by atoms with Gasteiger partial charge < -0.3 is 15.2 Å². The highest BCUT2D eigenvalue weighted by Gasteiger charge is 2.41. The van der Waals surface area contributed by atoms with Crippen molar-refractivity contribution < 1.29 is 19.4 Å². The zero-order valence-electron chi connectivity index (χ0n) is 12.5. The molecule has 2 aliphatic rings. The predicted molar refractivity (Wildman–Crippen MR) is 80.9 cm³/mol. The summed E-state index contributed by atoms with van der Waals surface area (Å²) in [6, 6.07) is 7.54. The van der Waals surface area contributed by atoms with E-state index in [1.54, 1.807) is 12.1 Å². The number of carbonyl (C=O) groups is 2. The molecule has 1 amide bonds. The van der Waals surface area contributed by atoms with Gasteiger partial charge in [0.25, 0.3) is 5.91 Å². The zero-order chi connectivity index (χ0) is 15.6. The minimum absolute atomic E-state index is 0.300. The lowest BCUT2D eigenvalue weighted by Gasteiger charge is -2.34. The molecule has 2 fully saturated rings. The molecule has 3 rings (SSSR count). The van der Waals surface area contributed by atoms with Crippen molar-refractivity contribution >= 4 is 11.9 Å². The maximum Gasteiger partial charge on any atom is 0.329 e. The van der Waals surface area contributed by atoms with Crippen LogP contribution in [0.4, 0.5) is 0 Å². The molecule has 5 nitrogen and oxygen atoms in total. The number of rotatable bonds is 4. The predicted octanol–water partition coefficient (Wildman–Crippen LogP) is 2.32. The van der Waals surface area contributed by atoms with E-state index in [1.165, 1.54) is 24.8 Å². The second-order valence-corrected chi connectivity index (χ2v) is 6.20. The van der Waals surface area contributed by atoms with Crippen molar-refractivity contribution in [2.75, 3.05) is 13.2 Å². The summed E-state index contributed by atoms with van der Waals surface area (Å²) in [6.07, 6.45) is 4.31. The molecule has 118 valence electrons. The van der Waals surface area contributed by atoms with Crippen LogP contribution in [-0.4, -0.2) is 35.7 Å². The van der Waals surface area contributed by atoms with Crippen LogP contribution < -0.4 is 5.32 Å². The lowest BCUT2D eigenvalue weighted by atomic mass is 9.80. The second-order valence-electron chi connectivity index (χ2n) is 6.20. The van der Waals surface area contributed by atoms with Crippen LogP contribution in [0.5, 0.6) is 0 Å². The zero-order valence-corrected chi connectivity index (χ0v) is 12.5. The molecule has 5 heteroatoms. The molecule has 0 radical (unpaired) electrons. The number of ether oxygens (including phenoxy) is 1. The highest BCUT2D eigenvalue weighted by Crippen LogP contribution is 2.36. The minimum Gasteiger partial charge on any atom is -0.480 e. The lowest BCUT2D eigenvalue weighted by molar-refractivity contribution is -0.148. The number of carboxylic acids is 1. The van der Waals surface area contributed by atoms with Crippen molar-refractivity contribution in [1.82, 2.24) is 5.32 Å². The van der Waals surface area contributed by atoms with E-state index in [1.807, 2.05) is 12.1 Å². The Hall–Kier alpha value is -1.88. The Morgan fingerprint density at radius 2 is 1.77 bits per heavy atom. The van der Waals surface area contributed by atoms with Crippen LogP contribution in [0.3, 0.4) is 0 Å². The Bertz CT molecular complexity index is 557. The van der Waals surface area contributed by atoms with Gasteiger partial charge in [0.15, 0.2) is 0 Å². The van der Waals surface area contributed by atoms with Gasteiger partial charge in [-0.1, -0.05) is 18.6 Å². The third-order valence-electron chi connectivity index (χ3n) is 4.86. The third kappa shape index (κ3) is 2.86. The lowest BCUT2D eigenvalue weighted by Crippen LogP contribution is -2.57. The highest BCUT2D eigenvalue weighted by molar-refractivity contribution is 5.98. The average molecular weight is 303 g/mol. The van der Waals surface area contributed by atoms with Crippen molar-refractivity contribution in [2.45, 2.75) is 43.6 Å². The Kier molecular flexibility index (Phi) is 4.16. The topological polar surface area (TPSA) is 75.6 Å². The van der Waals surface area contributed by atoms with E-state index in [4.69, 9.17) is 4.74 Å². The molecule has 1 aliphatic heterocycles. The van der Waals surface area contributed by atoms with Gasteiger partial charge in [-0.15, -0.1) is 0 Å². The molecule has 22 heavy (non-hydrogen) atoms. The maximum atomic E-state index is 12.4. The summed E-state index contributed by atoms with van der Waals surface area (Å²) < 4.78 is 5.21. The quantitative estimate of drug-likeness (QED) is 0.895. The van der Waals surface area contributed by atoms with E-state index in [0.29, 0.717) is 37.5 Å². The first kappa shape index (κ1) is 15.0. The fraction of sp³-hybridized carbons (Fsp3) is 0.529. The molecule has 0 spiro atoms. The second kappa shape index (κ2) is 6.08. The molecule has 1 aliphatic carbocycles. The number of nitrogens with one attached hydrogen (secondary N) is 1. The van der Waals surface area contributed by atoms with Gasteiger partial charge in [-0.25, -0.2) is 4.79 Å². The number of aliphatic carboxylic acids is 1. The summed E-state index contributed by atoms with van der Waals surface area (Å²) in [5.74, 6) is -0.697. The summed E-state index contributed by atoms with van der Waals surface area (Å²) in [4.78, 5) is 23.9. The molecule has 1 saturated heterocycles. The van der Waals surface area contributed by atoms with Crippen LogP contribution in [0.1, 0.15) is 53.9 Å². The van der Waals surface area contributed by atoms with Crippen LogP contribution in [0.15, 0.2) is 24.3 Å². The number of carbonyl (C=O) groups excluding carboxylic acids is 1. The Morgan fingerprint density at radius 3 is 2.27 bits per heavy atom. The largest absolute Gasteiger partial charge is 0.480 e. The van der Waals surface area contributed by atoms with E-state index in [9.17, 15) is 14.7 Å². The molecule has 1 aromatic rings. The van der Waals surface area contributed by atoms with Crippen LogP contribution in [0.25, 0.3) is 0 Å². The molecular weight excluding hydrogens is 282 g/mol. The summed E-state index contributed by atoms with van der Waals surface area (Å²) >= 11 is 0. The molecular formula is C17H21NO4. The van der Waals surface area contributed by atoms with Crippen molar-refractivity contribution in [2.24, 2.45) is 0 Å². The maximum absolute atomic E-state index is 12.4. The summed E-state index contributed by atoms with van der Waals surface area (Å²) in [5, 5.41) is 12.2. The molecule has 2 N–H and O–H groups in total. The van der Waals surface area contributed by atoms with Gasteiger partial charge in [0, 0.05) is 31.6 Å². The van der Waals surface area contributed by atoms with Gasteiger partial charge in [0.2, 0.25) is 0 Å². The Morgan fingerprint density at radius 1 is 1.14 bits per heavy atom. The summed E-state index contributed by atoms with van der Waals surface area (Å²) in [6.45, 7) is 0.709. The van der Waals surface area contributed by atoms with E-state index >= 15 is 0 Å². The number of hydrogen-bond acceptors (Lipinski definition) is 3. The van der Waals surface area contributed by atoms with Crippen LogP contribution >= 0.6 is 0 Å². The normalized spacial score (nSPS) is 20.9. The Labute approximate surface area is 129 Å². The third-order valence-corrected chi connectivity index (χ3v) is 4.86. The SMILES string of the molecule is O=C(NC1(C(=O)O)CCOCC1)c1ccc(C2CCC2)cc1. The minimum atomic E-state index is -1.21. The standard InChI is InChI=1S/C17H21NO4/c19-15(18-17(16(20)21)8-10-22-11-9-17)14-6-4-13(5-7-14)12-2-1-3-12/h4-7,12H,1-3,8-11H2,(H,18,19)(H,20,21). The first-order chi connectivity index (χ1) is 10.6. The number of benzene rings is 1. The fourth-order valence-corrected chi connectivity index (χ4v) is 3.05. The van der Waals surface area contributed by atoms with E-state index in [0.717, 1.165) is 0 Å². The molecule has 0 aromatic heterocycles. The molecule has 0 unspecified atom stereocenters. The van der Waals surface area contributed by atoms with Gasteiger partial charge in [-0.2, -0.15) is 0 Å². The molecule has 1 aromatic carbocycles. The van der Waals surface area contributed by atoms with Crippen LogP contribution in [-0.2, 0) is 9.53 Å². The number of hydrogen-bond donors (Lipinski definition) is 2. The van der Waals surface area contributed by atoms with Crippen molar-refractivity contribution in [3.63, 3.8) is 0 Å². The van der Waals surface area contributed by atoms with Crippen LogP contribution in [0.2, 0.25) is 0 Å². The van der Waals surface area contributed by atoms with Gasteiger partial charge in [0.05, 0.1) is 0 Å². The molecule has 1 heterocycles. The van der Waals surface area contributed by atoms with E-state index in [2.05, 4.69) is 5.32 Å². The van der Waals surface area contributed by atoms with Crippen molar-refractivity contribution in [3.8, 4) is 0 Å². The van der Waals surface area contributed by atoms with Gasteiger partial charge in [0.1, 0.15) is 5.54 Å². The molecule has 1 saturated carbocycles. The number of carboxylic acid groups (broad SMARTS) is 1. The van der Waals surface area contributed by atoms with Gasteiger partial charge >= 0.3 is 5.97 Å².